The summed E-state index contributed by atoms with van der Waals surface area (Å²) in [6.07, 6.45) is 9.54. The van der Waals surface area contributed by atoms with Crippen LogP contribution in [-0.2, 0) is 9.53 Å². The molecule has 86 valence electrons. The van der Waals surface area contributed by atoms with E-state index in [1.54, 1.807) is 0 Å². The summed E-state index contributed by atoms with van der Waals surface area (Å²) in [4.78, 5) is 12.7. The third-order valence-corrected chi connectivity index (χ3v) is 3.59. The lowest BCUT2D eigenvalue weighted by Gasteiger charge is -2.34. The molecule has 2 fully saturated rings. The Bertz CT molecular complexity index is 198. The van der Waals surface area contributed by atoms with Crippen molar-refractivity contribution in [3.05, 3.63) is 0 Å². The first-order valence-electron chi connectivity index (χ1n) is 6.23. The van der Waals surface area contributed by atoms with Crippen LogP contribution in [0, 0.1) is 0 Å². The highest BCUT2D eigenvalue weighted by Gasteiger charge is 2.33. The van der Waals surface area contributed by atoms with Crippen molar-refractivity contribution in [3.63, 3.8) is 0 Å². The Hall–Kier alpha value is -0.570. The fourth-order valence-electron chi connectivity index (χ4n) is 2.69. The molecule has 0 aromatic heterocycles. The van der Waals surface area contributed by atoms with E-state index in [1.807, 2.05) is 0 Å². The highest BCUT2D eigenvalue weighted by molar-refractivity contribution is 5.36. The van der Waals surface area contributed by atoms with Gasteiger partial charge in [0.1, 0.15) is 6.61 Å². The Balaban J connectivity index is 1.78. The predicted molar refractivity (Wildman–Crippen MR) is 58.6 cm³/mol. The van der Waals surface area contributed by atoms with E-state index in [4.69, 9.17) is 4.74 Å². The Morgan fingerprint density at radius 3 is 2.33 bits per heavy atom. The molecule has 0 aromatic rings. The van der Waals surface area contributed by atoms with Crippen molar-refractivity contribution < 1.29 is 9.53 Å². The largest absolute Gasteiger partial charge is 0.467 e. The first-order valence-corrected chi connectivity index (χ1v) is 6.23. The van der Waals surface area contributed by atoms with Crippen LogP contribution in [0.2, 0.25) is 0 Å². The van der Waals surface area contributed by atoms with Crippen LogP contribution in [0.1, 0.15) is 44.9 Å². The molecule has 0 saturated heterocycles. The predicted octanol–water partition coefficient (Wildman–Crippen LogP) is 1.96. The second kappa shape index (κ2) is 5.50. The minimum atomic E-state index is 0.561. The van der Waals surface area contributed by atoms with Crippen LogP contribution < -0.4 is 0 Å². The van der Waals surface area contributed by atoms with Gasteiger partial charge in [0, 0.05) is 18.6 Å². The average Bonchev–Trinajstić information content (AvgIpc) is 3.10. The zero-order chi connectivity index (χ0) is 10.5. The average molecular weight is 211 g/mol. The molecule has 0 radical (unpaired) electrons. The van der Waals surface area contributed by atoms with Gasteiger partial charge in [-0.15, -0.1) is 0 Å². The Kier molecular flexibility index (Phi) is 4.01. The third kappa shape index (κ3) is 3.20. The summed E-state index contributed by atoms with van der Waals surface area (Å²) in [5.41, 5.74) is 0. The van der Waals surface area contributed by atoms with E-state index in [2.05, 4.69) is 4.90 Å². The van der Waals surface area contributed by atoms with Gasteiger partial charge in [-0.3, -0.25) is 9.69 Å². The highest BCUT2D eigenvalue weighted by atomic mass is 16.5. The summed E-state index contributed by atoms with van der Waals surface area (Å²) in [7, 11) is 0. The molecule has 0 aliphatic heterocycles. The van der Waals surface area contributed by atoms with Crippen LogP contribution in [0.15, 0.2) is 0 Å². The second-order valence-corrected chi connectivity index (χ2v) is 4.73. The molecule has 15 heavy (non-hydrogen) atoms. The molecular formula is C12H21NO2. The van der Waals surface area contributed by atoms with Crippen LogP contribution >= 0.6 is 0 Å². The Morgan fingerprint density at radius 1 is 1.07 bits per heavy atom. The van der Waals surface area contributed by atoms with Crippen molar-refractivity contribution in [3.8, 4) is 0 Å². The minimum absolute atomic E-state index is 0.561. The van der Waals surface area contributed by atoms with Crippen molar-refractivity contribution in [1.29, 1.82) is 0 Å². The molecule has 2 aliphatic carbocycles. The van der Waals surface area contributed by atoms with Crippen LogP contribution in [0.4, 0.5) is 0 Å². The summed E-state index contributed by atoms with van der Waals surface area (Å²) in [5.74, 6) is 0. The lowest BCUT2D eigenvalue weighted by Crippen LogP contribution is -2.40. The first kappa shape index (κ1) is 10.9. The van der Waals surface area contributed by atoms with E-state index in [0.29, 0.717) is 13.1 Å². The lowest BCUT2D eigenvalue weighted by atomic mass is 9.94. The molecule has 0 spiro atoms. The summed E-state index contributed by atoms with van der Waals surface area (Å²) in [6.45, 7) is 2.07. The lowest BCUT2D eigenvalue weighted by molar-refractivity contribution is -0.129. The number of hydrogen-bond donors (Lipinski definition) is 0. The number of ether oxygens (including phenoxy) is 1. The summed E-state index contributed by atoms with van der Waals surface area (Å²) >= 11 is 0. The van der Waals surface area contributed by atoms with Crippen LogP contribution in [0.25, 0.3) is 0 Å². The molecule has 3 heteroatoms. The van der Waals surface area contributed by atoms with Crippen LogP contribution in [0.3, 0.4) is 0 Å². The number of hydrogen-bond acceptors (Lipinski definition) is 3. The molecule has 0 unspecified atom stereocenters. The summed E-state index contributed by atoms with van der Waals surface area (Å²) < 4.78 is 4.81. The van der Waals surface area contributed by atoms with E-state index >= 15 is 0 Å². The minimum Gasteiger partial charge on any atom is -0.467 e. The standard InChI is InChI=1S/C12H21NO2/c14-10-15-9-8-13(12-6-7-12)11-4-2-1-3-5-11/h10-12H,1-9H2. The van der Waals surface area contributed by atoms with Gasteiger partial charge in [-0.05, 0) is 25.7 Å². The number of carbonyl (C=O) groups is 1. The molecule has 2 aliphatic rings. The number of rotatable bonds is 6. The molecule has 2 rings (SSSR count). The van der Waals surface area contributed by atoms with E-state index < -0.39 is 0 Å². The van der Waals surface area contributed by atoms with Gasteiger partial charge in [-0.2, -0.15) is 0 Å². The smallest absolute Gasteiger partial charge is 0.293 e. The normalized spacial score (nSPS) is 23.0. The molecule has 0 aromatic carbocycles. The molecule has 2 saturated carbocycles. The SMILES string of the molecule is O=COCCN(C1CCCCC1)C1CC1. The summed E-state index contributed by atoms with van der Waals surface area (Å²) in [5, 5.41) is 0. The van der Waals surface area contributed by atoms with Gasteiger partial charge in [0.2, 0.25) is 0 Å². The van der Waals surface area contributed by atoms with Crippen molar-refractivity contribution >= 4 is 6.47 Å². The number of nitrogens with zero attached hydrogens (tertiary/aromatic N) is 1. The second-order valence-electron chi connectivity index (χ2n) is 4.73. The van der Waals surface area contributed by atoms with Gasteiger partial charge in [0.05, 0.1) is 0 Å². The monoisotopic (exact) mass is 211 g/mol. The van der Waals surface area contributed by atoms with E-state index in [-0.39, 0.29) is 0 Å². The fourth-order valence-corrected chi connectivity index (χ4v) is 2.69. The quantitative estimate of drug-likeness (QED) is 0.497. The van der Waals surface area contributed by atoms with Gasteiger partial charge in [-0.1, -0.05) is 19.3 Å². The van der Waals surface area contributed by atoms with Crippen molar-refractivity contribution in [2.75, 3.05) is 13.2 Å². The van der Waals surface area contributed by atoms with Crippen molar-refractivity contribution in [2.45, 2.75) is 57.0 Å². The van der Waals surface area contributed by atoms with E-state index in [1.165, 1.54) is 44.9 Å². The highest BCUT2D eigenvalue weighted by Crippen LogP contribution is 2.33. The zero-order valence-corrected chi connectivity index (χ0v) is 9.36. The van der Waals surface area contributed by atoms with Gasteiger partial charge in [0.15, 0.2) is 0 Å². The van der Waals surface area contributed by atoms with Crippen molar-refractivity contribution in [2.24, 2.45) is 0 Å². The maximum Gasteiger partial charge on any atom is 0.293 e. The van der Waals surface area contributed by atoms with Crippen LogP contribution in [-0.4, -0.2) is 36.6 Å². The van der Waals surface area contributed by atoms with Gasteiger partial charge in [-0.25, -0.2) is 0 Å². The van der Waals surface area contributed by atoms with Crippen LogP contribution in [0.5, 0.6) is 0 Å². The topological polar surface area (TPSA) is 29.5 Å². The number of carbonyl (C=O) groups excluding carboxylic acids is 1. The molecule has 0 atom stereocenters. The van der Waals surface area contributed by atoms with Gasteiger partial charge in [0.25, 0.3) is 6.47 Å². The molecule has 0 bridgehead atoms. The Morgan fingerprint density at radius 2 is 1.73 bits per heavy atom. The molecular weight excluding hydrogens is 190 g/mol. The van der Waals surface area contributed by atoms with E-state index in [9.17, 15) is 4.79 Å². The maximum absolute atomic E-state index is 10.1. The van der Waals surface area contributed by atoms with Crippen molar-refractivity contribution in [1.82, 2.24) is 4.90 Å². The molecule has 0 amide bonds. The first-order chi connectivity index (χ1) is 7.42. The third-order valence-electron chi connectivity index (χ3n) is 3.59. The summed E-state index contributed by atoms with van der Waals surface area (Å²) in [6, 6.07) is 1.56. The Labute approximate surface area is 91.8 Å². The molecule has 0 heterocycles. The molecule has 3 nitrogen and oxygen atoms in total. The van der Waals surface area contributed by atoms with Gasteiger partial charge >= 0.3 is 0 Å². The van der Waals surface area contributed by atoms with E-state index in [0.717, 1.165) is 18.6 Å². The maximum atomic E-state index is 10.1. The van der Waals surface area contributed by atoms with Gasteiger partial charge < -0.3 is 4.74 Å². The fraction of sp³-hybridized carbons (Fsp3) is 0.917. The zero-order valence-electron chi connectivity index (χ0n) is 9.36. The molecule has 0 N–H and O–H groups in total.